The van der Waals surface area contributed by atoms with E-state index in [0.717, 1.165) is 37.2 Å². The largest absolute Gasteiger partial charge is 0.497 e. The second-order valence-electron chi connectivity index (χ2n) is 9.61. The van der Waals surface area contributed by atoms with Gasteiger partial charge in [-0.25, -0.2) is 9.59 Å². The lowest BCUT2D eigenvalue weighted by molar-refractivity contribution is 0.0308. The van der Waals surface area contributed by atoms with Crippen molar-refractivity contribution >= 4 is 11.8 Å². The van der Waals surface area contributed by atoms with Gasteiger partial charge in [0.25, 0.3) is 5.56 Å². The van der Waals surface area contributed by atoms with Gasteiger partial charge in [0.05, 0.1) is 39.2 Å². The average Bonchev–Trinajstić information content (AvgIpc) is 2.97. The summed E-state index contributed by atoms with van der Waals surface area (Å²) in [6.07, 6.45) is 2.50. The highest BCUT2D eigenvalue weighted by atomic mass is 16.5. The number of ether oxygens (including phenoxy) is 3. The molecule has 11 nitrogen and oxygen atoms in total. The lowest BCUT2D eigenvalue weighted by Gasteiger charge is -2.33. The Morgan fingerprint density at radius 2 is 1.60 bits per heavy atom. The fourth-order valence-electron chi connectivity index (χ4n) is 4.65. The van der Waals surface area contributed by atoms with E-state index in [4.69, 9.17) is 19.3 Å². The fraction of sp³-hybridized carbons (Fsp3) is 0.414. The van der Waals surface area contributed by atoms with E-state index < -0.39 is 6.09 Å². The zero-order valence-corrected chi connectivity index (χ0v) is 22.7. The van der Waals surface area contributed by atoms with Gasteiger partial charge in [-0.3, -0.25) is 13.9 Å². The SMILES string of the molecule is COc1ccc(Cn2c(=O)ccn(-c3ccc(N4CCC(COCCOCCNC(=O)O)CC4)cc3)c2=O)cc1. The van der Waals surface area contributed by atoms with Crippen LogP contribution < -0.4 is 26.2 Å². The highest BCUT2D eigenvalue weighted by Crippen LogP contribution is 2.24. The van der Waals surface area contributed by atoms with E-state index in [1.807, 2.05) is 36.4 Å². The first-order valence-corrected chi connectivity index (χ1v) is 13.4. The lowest BCUT2D eigenvalue weighted by atomic mass is 9.97. The van der Waals surface area contributed by atoms with Gasteiger partial charge >= 0.3 is 11.8 Å². The lowest BCUT2D eigenvalue weighted by Crippen LogP contribution is -2.38. The topological polar surface area (TPSA) is 124 Å². The molecule has 1 aromatic heterocycles. The van der Waals surface area contributed by atoms with E-state index in [9.17, 15) is 14.4 Å². The molecule has 1 aliphatic rings. The van der Waals surface area contributed by atoms with Crippen molar-refractivity contribution in [2.75, 3.05) is 58.1 Å². The zero-order chi connectivity index (χ0) is 28.3. The number of benzene rings is 2. The Balaban J connectivity index is 1.27. The Morgan fingerprint density at radius 3 is 2.27 bits per heavy atom. The molecule has 2 N–H and O–H groups in total. The summed E-state index contributed by atoms with van der Waals surface area (Å²) >= 11 is 0. The van der Waals surface area contributed by atoms with Crippen molar-refractivity contribution in [1.29, 1.82) is 0 Å². The summed E-state index contributed by atoms with van der Waals surface area (Å²) in [6, 6.07) is 16.5. The highest BCUT2D eigenvalue weighted by molar-refractivity contribution is 5.64. The molecule has 0 bridgehead atoms. The van der Waals surface area contributed by atoms with Gasteiger partial charge in [-0.05, 0) is 60.7 Å². The predicted molar refractivity (Wildman–Crippen MR) is 151 cm³/mol. The molecular weight excluding hydrogens is 516 g/mol. The number of aromatic nitrogens is 2. The maximum absolute atomic E-state index is 13.2. The van der Waals surface area contributed by atoms with E-state index in [-0.39, 0.29) is 24.3 Å². The number of anilines is 1. The van der Waals surface area contributed by atoms with Crippen LogP contribution >= 0.6 is 0 Å². The summed E-state index contributed by atoms with van der Waals surface area (Å²) in [7, 11) is 1.59. The highest BCUT2D eigenvalue weighted by Gasteiger charge is 2.20. The first kappa shape index (κ1) is 28.9. The normalized spacial score (nSPS) is 13.8. The minimum atomic E-state index is -1.05. The Morgan fingerprint density at radius 1 is 0.925 bits per heavy atom. The van der Waals surface area contributed by atoms with Gasteiger partial charge in [-0.2, -0.15) is 0 Å². The van der Waals surface area contributed by atoms with Crippen LogP contribution in [0.15, 0.2) is 70.4 Å². The van der Waals surface area contributed by atoms with Crippen molar-refractivity contribution in [3.63, 3.8) is 0 Å². The molecule has 0 atom stereocenters. The van der Waals surface area contributed by atoms with Crippen LogP contribution in [0.3, 0.4) is 0 Å². The average molecular weight is 553 g/mol. The quantitative estimate of drug-likeness (QED) is 0.310. The summed E-state index contributed by atoms with van der Waals surface area (Å²) in [5, 5.41) is 10.8. The molecule has 1 saturated heterocycles. The zero-order valence-electron chi connectivity index (χ0n) is 22.7. The van der Waals surface area contributed by atoms with Crippen molar-refractivity contribution in [3.8, 4) is 11.4 Å². The summed E-state index contributed by atoms with van der Waals surface area (Å²) in [6.45, 7) is 4.21. The maximum Gasteiger partial charge on any atom is 0.404 e. The molecule has 2 heterocycles. The van der Waals surface area contributed by atoms with Crippen LogP contribution in [0.4, 0.5) is 10.5 Å². The maximum atomic E-state index is 13.2. The molecule has 1 fully saturated rings. The van der Waals surface area contributed by atoms with Gasteiger partial charge in [0.2, 0.25) is 0 Å². The third-order valence-electron chi connectivity index (χ3n) is 6.92. The predicted octanol–water partition coefficient (Wildman–Crippen LogP) is 2.57. The van der Waals surface area contributed by atoms with E-state index in [2.05, 4.69) is 10.2 Å². The van der Waals surface area contributed by atoms with Gasteiger partial charge in [0.1, 0.15) is 5.75 Å². The summed E-state index contributed by atoms with van der Waals surface area (Å²) in [5.41, 5.74) is 1.88. The van der Waals surface area contributed by atoms with Crippen molar-refractivity contribution in [3.05, 3.63) is 87.2 Å². The molecule has 40 heavy (non-hydrogen) atoms. The monoisotopic (exact) mass is 552 g/mol. The Hall–Kier alpha value is -4.09. The number of nitrogens with zero attached hydrogens (tertiary/aromatic N) is 3. The third kappa shape index (κ3) is 7.96. The summed E-state index contributed by atoms with van der Waals surface area (Å²) < 4.78 is 19.0. The van der Waals surface area contributed by atoms with Crippen molar-refractivity contribution in [1.82, 2.24) is 14.5 Å². The standard InChI is InChI=1S/C29H36N4O7/c1-38-26-8-2-22(3-9-26)20-33-27(34)12-16-32(29(33)37)25-6-4-24(5-7-25)31-14-10-23(11-15-31)21-40-19-18-39-17-13-30-28(35)36/h2-9,12,16,23,30H,10-11,13-15,17-21H2,1H3,(H,35,36). The van der Waals surface area contributed by atoms with Crippen molar-refractivity contribution in [2.24, 2.45) is 5.92 Å². The molecule has 0 saturated carbocycles. The van der Waals surface area contributed by atoms with Crippen LogP contribution in [-0.2, 0) is 16.0 Å². The van der Waals surface area contributed by atoms with Crippen LogP contribution in [0.1, 0.15) is 18.4 Å². The molecule has 0 spiro atoms. The van der Waals surface area contributed by atoms with E-state index in [1.54, 1.807) is 19.2 Å². The number of hydrogen-bond acceptors (Lipinski definition) is 7. The number of methoxy groups -OCH3 is 1. The fourth-order valence-corrected chi connectivity index (χ4v) is 4.65. The molecule has 3 aromatic rings. The van der Waals surface area contributed by atoms with Crippen LogP contribution in [0, 0.1) is 5.92 Å². The van der Waals surface area contributed by atoms with Gasteiger partial charge in [-0.1, -0.05) is 12.1 Å². The molecule has 11 heteroatoms. The second kappa shape index (κ2) is 14.3. The Kier molecular flexibility index (Phi) is 10.4. The Bertz CT molecular complexity index is 1340. The van der Waals surface area contributed by atoms with Crippen LogP contribution in [0.2, 0.25) is 0 Å². The van der Waals surface area contributed by atoms with Crippen LogP contribution in [0.5, 0.6) is 5.75 Å². The molecule has 2 aromatic carbocycles. The molecule has 1 amide bonds. The van der Waals surface area contributed by atoms with Gasteiger partial charge in [-0.15, -0.1) is 0 Å². The molecule has 0 radical (unpaired) electrons. The smallest absolute Gasteiger partial charge is 0.404 e. The number of nitrogens with one attached hydrogen (secondary N) is 1. The summed E-state index contributed by atoms with van der Waals surface area (Å²) in [4.78, 5) is 38.4. The van der Waals surface area contributed by atoms with E-state index >= 15 is 0 Å². The number of hydrogen-bond donors (Lipinski definition) is 2. The number of rotatable bonds is 13. The Labute approximate surface area is 232 Å². The van der Waals surface area contributed by atoms with Gasteiger partial charge in [0, 0.05) is 44.2 Å². The first-order chi connectivity index (χ1) is 19.4. The van der Waals surface area contributed by atoms with Crippen molar-refractivity contribution in [2.45, 2.75) is 19.4 Å². The molecule has 4 rings (SSSR count). The first-order valence-electron chi connectivity index (χ1n) is 13.4. The second-order valence-corrected chi connectivity index (χ2v) is 9.61. The van der Waals surface area contributed by atoms with E-state index in [1.165, 1.54) is 21.4 Å². The minimum absolute atomic E-state index is 0.177. The molecule has 1 aliphatic heterocycles. The molecule has 214 valence electrons. The number of carboxylic acid groups (broad SMARTS) is 1. The van der Waals surface area contributed by atoms with E-state index in [0.29, 0.717) is 43.8 Å². The van der Waals surface area contributed by atoms with Crippen LogP contribution in [-0.4, -0.2) is 73.5 Å². The number of amides is 1. The summed E-state index contributed by atoms with van der Waals surface area (Å²) in [5.74, 6) is 1.19. The number of carbonyl (C=O) groups is 1. The minimum Gasteiger partial charge on any atom is -0.497 e. The van der Waals surface area contributed by atoms with Gasteiger partial charge in [0.15, 0.2) is 0 Å². The van der Waals surface area contributed by atoms with Gasteiger partial charge < -0.3 is 29.5 Å². The molecular formula is C29H36N4O7. The third-order valence-corrected chi connectivity index (χ3v) is 6.92. The molecule has 0 aliphatic carbocycles. The molecule has 0 unspecified atom stereocenters. The van der Waals surface area contributed by atoms with Crippen molar-refractivity contribution < 1.29 is 24.1 Å². The van der Waals surface area contributed by atoms with Crippen LogP contribution in [0.25, 0.3) is 5.69 Å². The number of piperidine rings is 1.